The average molecular weight is 326 g/mol. The Morgan fingerprint density at radius 3 is 2.55 bits per heavy atom. The number of nitrogens with two attached hydrogens (primary N) is 1. The van der Waals surface area contributed by atoms with Crippen molar-refractivity contribution in [3.63, 3.8) is 0 Å². The molecule has 1 fully saturated rings. The van der Waals surface area contributed by atoms with E-state index in [1.165, 1.54) is 0 Å². The molecule has 5 nitrogen and oxygen atoms in total. The minimum atomic E-state index is -0.566. The van der Waals surface area contributed by atoms with Gasteiger partial charge in [-0.25, -0.2) is 0 Å². The first kappa shape index (κ1) is 18.5. The zero-order valence-electron chi connectivity index (χ0n) is 13.1. The van der Waals surface area contributed by atoms with Crippen LogP contribution in [-0.2, 0) is 9.59 Å². The molecule has 1 aromatic rings. The average Bonchev–Trinajstić information content (AvgIpc) is 2.79. The maximum atomic E-state index is 12.4. The summed E-state index contributed by atoms with van der Waals surface area (Å²) in [5.74, 6) is -0.853. The van der Waals surface area contributed by atoms with E-state index in [0.717, 1.165) is 23.2 Å². The third kappa shape index (κ3) is 4.21. The fraction of sp³-hybridized carbons (Fsp3) is 0.500. The number of amides is 2. The van der Waals surface area contributed by atoms with Gasteiger partial charge in [-0.15, -0.1) is 12.4 Å². The molecule has 0 aromatic heterocycles. The molecule has 1 aliphatic rings. The lowest BCUT2D eigenvalue weighted by molar-refractivity contribution is -0.132. The molecule has 0 saturated carbocycles. The highest BCUT2D eigenvalue weighted by Gasteiger charge is 2.37. The number of anilines is 1. The molecule has 0 radical (unpaired) electrons. The Morgan fingerprint density at radius 2 is 1.95 bits per heavy atom. The van der Waals surface area contributed by atoms with Crippen molar-refractivity contribution in [1.82, 2.24) is 5.32 Å². The molecule has 3 N–H and O–H groups in total. The van der Waals surface area contributed by atoms with Gasteiger partial charge in [0.05, 0.1) is 0 Å². The van der Waals surface area contributed by atoms with Crippen LogP contribution in [0, 0.1) is 19.8 Å². The molecular formula is C16H24ClN3O2. The lowest BCUT2D eigenvalue weighted by Crippen LogP contribution is -2.37. The highest BCUT2D eigenvalue weighted by molar-refractivity contribution is 6.09. The van der Waals surface area contributed by atoms with Crippen LogP contribution in [0.25, 0.3) is 0 Å². The summed E-state index contributed by atoms with van der Waals surface area (Å²) in [6, 6.07) is 6.04. The fourth-order valence-electron chi connectivity index (χ4n) is 2.72. The lowest BCUT2D eigenvalue weighted by atomic mass is 10.1. The van der Waals surface area contributed by atoms with Crippen LogP contribution >= 0.6 is 12.4 Å². The van der Waals surface area contributed by atoms with E-state index in [2.05, 4.69) is 11.4 Å². The van der Waals surface area contributed by atoms with Crippen molar-refractivity contribution in [3.05, 3.63) is 29.3 Å². The van der Waals surface area contributed by atoms with Crippen molar-refractivity contribution < 1.29 is 9.59 Å². The maximum Gasteiger partial charge on any atom is 0.239 e. The number of aryl methyl sites for hydroxylation is 2. The third-order valence-corrected chi connectivity index (χ3v) is 3.72. The topological polar surface area (TPSA) is 75.4 Å². The molecule has 6 heteroatoms. The van der Waals surface area contributed by atoms with Crippen LogP contribution in [0.15, 0.2) is 18.2 Å². The highest BCUT2D eigenvalue weighted by Crippen LogP contribution is 2.27. The number of nitrogens with zero attached hydrogens (tertiary/aromatic N) is 1. The summed E-state index contributed by atoms with van der Waals surface area (Å²) >= 11 is 0. The van der Waals surface area contributed by atoms with E-state index in [1.54, 1.807) is 4.90 Å². The second-order valence-electron chi connectivity index (χ2n) is 5.61. The predicted molar refractivity (Wildman–Crippen MR) is 90.3 cm³/mol. The molecule has 1 aliphatic heterocycles. The molecule has 1 saturated heterocycles. The van der Waals surface area contributed by atoms with E-state index in [-0.39, 0.29) is 24.2 Å². The van der Waals surface area contributed by atoms with Gasteiger partial charge in [-0.3, -0.25) is 9.59 Å². The Balaban J connectivity index is 0.00000242. The summed E-state index contributed by atoms with van der Waals surface area (Å²) in [7, 11) is 0. The van der Waals surface area contributed by atoms with E-state index in [4.69, 9.17) is 5.73 Å². The summed E-state index contributed by atoms with van der Waals surface area (Å²) in [6.45, 7) is 5.68. The molecule has 1 unspecified atom stereocenters. The minimum Gasteiger partial charge on any atom is -0.355 e. The first-order chi connectivity index (χ1) is 10.0. The van der Waals surface area contributed by atoms with Crippen molar-refractivity contribution in [2.45, 2.75) is 26.7 Å². The number of benzene rings is 1. The minimum absolute atomic E-state index is 0. The zero-order chi connectivity index (χ0) is 15.4. The van der Waals surface area contributed by atoms with Gasteiger partial charge in [0.15, 0.2) is 0 Å². The van der Waals surface area contributed by atoms with Gasteiger partial charge in [-0.2, -0.15) is 0 Å². The monoisotopic (exact) mass is 325 g/mol. The molecular weight excluding hydrogens is 302 g/mol. The molecule has 0 aliphatic carbocycles. The van der Waals surface area contributed by atoms with Crippen molar-refractivity contribution in [2.24, 2.45) is 11.7 Å². The largest absolute Gasteiger partial charge is 0.355 e. The number of hydrogen-bond acceptors (Lipinski definition) is 3. The molecule has 2 amide bonds. The summed E-state index contributed by atoms with van der Waals surface area (Å²) in [4.78, 5) is 26.2. The molecule has 1 atom stereocenters. The first-order valence-corrected chi connectivity index (χ1v) is 7.40. The Kier molecular flexibility index (Phi) is 6.84. The summed E-state index contributed by atoms with van der Waals surface area (Å²) in [6.07, 6.45) is 1.30. The number of nitrogens with one attached hydrogen (secondary N) is 1. The number of rotatable bonds is 5. The van der Waals surface area contributed by atoms with Gasteiger partial charge in [-0.1, -0.05) is 6.07 Å². The van der Waals surface area contributed by atoms with Crippen LogP contribution in [0.3, 0.4) is 0 Å². The van der Waals surface area contributed by atoms with Crippen LogP contribution in [0.5, 0.6) is 0 Å². The number of hydrogen-bond donors (Lipinski definition) is 2. The van der Waals surface area contributed by atoms with Crippen LogP contribution in [-0.4, -0.2) is 31.4 Å². The van der Waals surface area contributed by atoms with Crippen LogP contribution in [0.2, 0.25) is 0 Å². The third-order valence-electron chi connectivity index (χ3n) is 3.72. The van der Waals surface area contributed by atoms with Gasteiger partial charge >= 0.3 is 0 Å². The Hall–Kier alpha value is -1.59. The van der Waals surface area contributed by atoms with Crippen LogP contribution < -0.4 is 16.0 Å². The summed E-state index contributed by atoms with van der Waals surface area (Å²) in [5.41, 5.74) is 8.52. The van der Waals surface area contributed by atoms with E-state index < -0.39 is 5.92 Å². The second-order valence-corrected chi connectivity index (χ2v) is 5.61. The summed E-state index contributed by atoms with van der Waals surface area (Å²) < 4.78 is 0. The molecule has 0 spiro atoms. The Bertz CT molecular complexity index is 528. The quantitative estimate of drug-likeness (QED) is 0.637. The first-order valence-electron chi connectivity index (χ1n) is 7.40. The lowest BCUT2D eigenvalue weighted by Gasteiger charge is -2.18. The van der Waals surface area contributed by atoms with Gasteiger partial charge in [-0.05, 0) is 56.5 Å². The normalized spacial score (nSPS) is 17.3. The van der Waals surface area contributed by atoms with Gasteiger partial charge in [0, 0.05) is 18.8 Å². The SMILES string of the molecule is Cc1cc(C)cc(N2CCC(C(=O)NCCCN)C2=O)c1.Cl. The van der Waals surface area contributed by atoms with E-state index in [0.29, 0.717) is 26.1 Å². The van der Waals surface area contributed by atoms with E-state index >= 15 is 0 Å². The molecule has 22 heavy (non-hydrogen) atoms. The Labute approximate surface area is 137 Å². The molecule has 1 aromatic carbocycles. The van der Waals surface area contributed by atoms with Crippen molar-refractivity contribution in [2.75, 3.05) is 24.5 Å². The number of halogens is 1. The van der Waals surface area contributed by atoms with Crippen molar-refractivity contribution in [3.8, 4) is 0 Å². The van der Waals surface area contributed by atoms with Crippen molar-refractivity contribution in [1.29, 1.82) is 0 Å². The summed E-state index contributed by atoms with van der Waals surface area (Å²) in [5, 5.41) is 2.78. The predicted octanol–water partition coefficient (Wildman–Crippen LogP) is 1.54. The molecule has 1 heterocycles. The number of carbonyl (C=O) groups is 2. The Morgan fingerprint density at radius 1 is 1.32 bits per heavy atom. The van der Waals surface area contributed by atoms with Crippen LogP contribution in [0.4, 0.5) is 5.69 Å². The second kappa shape index (κ2) is 8.15. The van der Waals surface area contributed by atoms with Gasteiger partial charge in [0.1, 0.15) is 5.92 Å². The molecule has 122 valence electrons. The van der Waals surface area contributed by atoms with Crippen molar-refractivity contribution >= 4 is 29.9 Å². The standard InChI is InChI=1S/C16H23N3O2.ClH/c1-11-8-12(2)10-13(9-11)19-7-4-14(16(19)21)15(20)18-6-3-5-17;/h8-10,14H,3-7,17H2,1-2H3,(H,18,20);1H. The maximum absolute atomic E-state index is 12.4. The number of carbonyl (C=O) groups excluding carboxylic acids is 2. The molecule has 2 rings (SSSR count). The molecule has 0 bridgehead atoms. The van der Waals surface area contributed by atoms with Crippen LogP contribution in [0.1, 0.15) is 24.0 Å². The van der Waals surface area contributed by atoms with E-state index in [1.807, 2.05) is 26.0 Å². The highest BCUT2D eigenvalue weighted by atomic mass is 35.5. The smallest absolute Gasteiger partial charge is 0.239 e. The van der Waals surface area contributed by atoms with E-state index in [9.17, 15) is 9.59 Å². The van der Waals surface area contributed by atoms with Gasteiger partial charge < -0.3 is 16.0 Å². The zero-order valence-corrected chi connectivity index (χ0v) is 13.9. The fourth-order valence-corrected chi connectivity index (χ4v) is 2.72. The van der Waals surface area contributed by atoms with Gasteiger partial charge in [0.2, 0.25) is 11.8 Å². The van der Waals surface area contributed by atoms with Gasteiger partial charge in [0.25, 0.3) is 0 Å².